The van der Waals surface area contributed by atoms with E-state index in [1.54, 1.807) is 12.4 Å². The normalized spacial score (nSPS) is 15.5. The SMILES string of the molecule is Cc1ccc(CN(C(=O)Nc2cn[nH]c2)[C@@H]2CCc3ccccc32)cc1. The average molecular weight is 346 g/mol. The Bertz CT molecular complexity index is 887. The van der Waals surface area contributed by atoms with E-state index >= 15 is 0 Å². The summed E-state index contributed by atoms with van der Waals surface area (Å²) in [6, 6.07) is 16.8. The first-order valence-corrected chi connectivity index (χ1v) is 8.90. The van der Waals surface area contributed by atoms with Crippen molar-refractivity contribution in [1.29, 1.82) is 0 Å². The number of H-pyrrole nitrogens is 1. The molecule has 2 amide bonds. The lowest BCUT2D eigenvalue weighted by molar-refractivity contribution is 0.183. The third-order valence-electron chi connectivity index (χ3n) is 4.96. The van der Waals surface area contributed by atoms with E-state index in [4.69, 9.17) is 0 Å². The smallest absolute Gasteiger partial charge is 0.313 e. The van der Waals surface area contributed by atoms with Gasteiger partial charge >= 0.3 is 6.03 Å². The number of aromatic nitrogens is 2. The van der Waals surface area contributed by atoms with Gasteiger partial charge in [0.1, 0.15) is 0 Å². The first-order valence-electron chi connectivity index (χ1n) is 8.90. The van der Waals surface area contributed by atoms with Crippen LogP contribution in [0.2, 0.25) is 0 Å². The van der Waals surface area contributed by atoms with Crippen LogP contribution in [0.5, 0.6) is 0 Å². The summed E-state index contributed by atoms with van der Waals surface area (Å²) >= 11 is 0. The van der Waals surface area contributed by atoms with Crippen LogP contribution >= 0.6 is 0 Å². The summed E-state index contributed by atoms with van der Waals surface area (Å²) in [6.07, 6.45) is 5.25. The number of aromatic amines is 1. The van der Waals surface area contributed by atoms with Crippen molar-refractivity contribution in [3.8, 4) is 0 Å². The fourth-order valence-corrected chi connectivity index (χ4v) is 3.59. The molecule has 132 valence electrons. The van der Waals surface area contributed by atoms with E-state index in [1.807, 2.05) is 4.90 Å². The third-order valence-corrected chi connectivity index (χ3v) is 4.96. The second-order valence-electron chi connectivity index (χ2n) is 6.78. The predicted octanol–water partition coefficient (Wildman–Crippen LogP) is 4.44. The van der Waals surface area contributed by atoms with Crippen LogP contribution in [0.3, 0.4) is 0 Å². The number of anilines is 1. The summed E-state index contributed by atoms with van der Waals surface area (Å²) in [4.78, 5) is 15.0. The molecule has 1 aliphatic rings. The molecule has 0 radical (unpaired) electrons. The maximum absolute atomic E-state index is 13.1. The topological polar surface area (TPSA) is 61.0 Å². The molecule has 2 aromatic carbocycles. The Balaban J connectivity index is 1.62. The average Bonchev–Trinajstić information content (AvgIpc) is 3.31. The number of urea groups is 1. The third kappa shape index (κ3) is 3.33. The highest BCUT2D eigenvalue weighted by molar-refractivity contribution is 5.89. The van der Waals surface area contributed by atoms with Gasteiger partial charge in [0, 0.05) is 12.7 Å². The Labute approximate surface area is 153 Å². The number of hydrogen-bond acceptors (Lipinski definition) is 2. The van der Waals surface area contributed by atoms with Gasteiger partial charge in [0.2, 0.25) is 0 Å². The number of carbonyl (C=O) groups is 1. The van der Waals surface area contributed by atoms with Crippen LogP contribution in [0.4, 0.5) is 10.5 Å². The van der Waals surface area contributed by atoms with Crippen LogP contribution in [0.15, 0.2) is 60.9 Å². The van der Waals surface area contributed by atoms with Crippen LogP contribution in [-0.2, 0) is 13.0 Å². The van der Waals surface area contributed by atoms with Crippen LogP contribution in [0.25, 0.3) is 0 Å². The minimum absolute atomic E-state index is 0.0828. The quantitative estimate of drug-likeness (QED) is 0.734. The first-order chi connectivity index (χ1) is 12.7. The van der Waals surface area contributed by atoms with E-state index in [0.29, 0.717) is 12.2 Å². The zero-order valence-electron chi connectivity index (χ0n) is 14.8. The summed E-state index contributed by atoms with van der Waals surface area (Å²) < 4.78 is 0. The number of nitrogens with zero attached hydrogens (tertiary/aromatic N) is 2. The maximum atomic E-state index is 13.1. The number of nitrogens with one attached hydrogen (secondary N) is 2. The van der Waals surface area contributed by atoms with E-state index in [9.17, 15) is 4.79 Å². The number of hydrogen-bond donors (Lipinski definition) is 2. The molecule has 0 aliphatic heterocycles. The van der Waals surface area contributed by atoms with Gasteiger partial charge < -0.3 is 10.2 Å². The van der Waals surface area contributed by atoms with Crippen molar-refractivity contribution in [2.24, 2.45) is 0 Å². The van der Waals surface area contributed by atoms with Gasteiger partial charge in [-0.3, -0.25) is 5.10 Å². The largest absolute Gasteiger partial charge is 0.322 e. The van der Waals surface area contributed by atoms with E-state index < -0.39 is 0 Å². The lowest BCUT2D eigenvalue weighted by atomic mass is 10.1. The van der Waals surface area contributed by atoms with Crippen molar-refractivity contribution in [2.45, 2.75) is 32.4 Å². The van der Waals surface area contributed by atoms with Crippen molar-refractivity contribution in [1.82, 2.24) is 15.1 Å². The minimum Gasteiger partial charge on any atom is -0.313 e. The molecule has 0 spiro atoms. The van der Waals surface area contributed by atoms with Gasteiger partial charge in [0.25, 0.3) is 0 Å². The standard InChI is InChI=1S/C21H22N4O/c1-15-6-8-16(9-7-15)14-25(21(26)24-18-12-22-23-13-18)20-11-10-17-4-2-3-5-19(17)20/h2-9,12-13,20H,10-11,14H2,1H3,(H,22,23)(H,24,26)/t20-/m1/s1. The highest BCUT2D eigenvalue weighted by atomic mass is 16.2. The fraction of sp³-hybridized carbons (Fsp3) is 0.238. The molecule has 5 nitrogen and oxygen atoms in total. The number of aryl methyl sites for hydroxylation is 2. The first kappa shape index (κ1) is 16.4. The molecule has 1 heterocycles. The number of rotatable bonds is 4. The van der Waals surface area contributed by atoms with Crippen molar-refractivity contribution in [2.75, 3.05) is 5.32 Å². The lowest BCUT2D eigenvalue weighted by Gasteiger charge is -2.30. The second kappa shape index (κ2) is 7.04. The molecule has 5 heteroatoms. The molecule has 1 aliphatic carbocycles. The molecule has 1 aromatic heterocycles. The Morgan fingerprint density at radius 1 is 1.23 bits per heavy atom. The molecule has 26 heavy (non-hydrogen) atoms. The summed E-state index contributed by atoms with van der Waals surface area (Å²) in [6.45, 7) is 2.64. The van der Waals surface area contributed by atoms with E-state index in [2.05, 4.69) is 71.0 Å². The number of amides is 2. The van der Waals surface area contributed by atoms with Gasteiger partial charge in [-0.1, -0.05) is 54.1 Å². The summed E-state index contributed by atoms with van der Waals surface area (Å²) in [5, 5.41) is 9.59. The molecule has 1 atom stereocenters. The second-order valence-corrected chi connectivity index (χ2v) is 6.78. The van der Waals surface area contributed by atoms with Gasteiger partial charge in [0.05, 0.1) is 17.9 Å². The molecule has 0 bridgehead atoms. The molecule has 4 rings (SSSR count). The van der Waals surface area contributed by atoms with Gasteiger partial charge in [-0.05, 0) is 36.5 Å². The maximum Gasteiger partial charge on any atom is 0.322 e. The molecular formula is C21H22N4O. The number of carbonyl (C=O) groups excluding carboxylic acids is 1. The Kier molecular flexibility index (Phi) is 4.44. The highest BCUT2D eigenvalue weighted by Crippen LogP contribution is 2.36. The van der Waals surface area contributed by atoms with Gasteiger partial charge in [-0.25, -0.2) is 4.79 Å². The minimum atomic E-state index is -0.103. The zero-order valence-corrected chi connectivity index (χ0v) is 14.8. The van der Waals surface area contributed by atoms with E-state index in [1.165, 1.54) is 16.7 Å². The lowest BCUT2D eigenvalue weighted by Crippen LogP contribution is -2.37. The molecule has 0 unspecified atom stereocenters. The van der Waals surface area contributed by atoms with Gasteiger partial charge in [-0.2, -0.15) is 5.10 Å². The molecular weight excluding hydrogens is 324 g/mol. The number of fused-ring (bicyclic) bond motifs is 1. The monoisotopic (exact) mass is 346 g/mol. The fourth-order valence-electron chi connectivity index (χ4n) is 3.59. The molecule has 0 fully saturated rings. The molecule has 0 saturated heterocycles. The van der Waals surface area contributed by atoms with Crippen LogP contribution in [-0.4, -0.2) is 21.1 Å². The summed E-state index contributed by atoms with van der Waals surface area (Å²) in [7, 11) is 0. The highest BCUT2D eigenvalue weighted by Gasteiger charge is 2.31. The predicted molar refractivity (Wildman–Crippen MR) is 102 cm³/mol. The van der Waals surface area contributed by atoms with Crippen molar-refractivity contribution in [3.63, 3.8) is 0 Å². The molecule has 2 N–H and O–H groups in total. The molecule has 3 aromatic rings. The van der Waals surface area contributed by atoms with E-state index in [-0.39, 0.29) is 12.1 Å². The Morgan fingerprint density at radius 3 is 2.81 bits per heavy atom. The van der Waals surface area contributed by atoms with Crippen molar-refractivity contribution >= 4 is 11.7 Å². The number of benzene rings is 2. The van der Waals surface area contributed by atoms with Gasteiger partial charge in [-0.15, -0.1) is 0 Å². The van der Waals surface area contributed by atoms with Gasteiger partial charge in [0.15, 0.2) is 0 Å². The van der Waals surface area contributed by atoms with E-state index in [0.717, 1.165) is 18.4 Å². The van der Waals surface area contributed by atoms with Crippen molar-refractivity contribution < 1.29 is 4.79 Å². The Hall–Kier alpha value is -3.08. The van der Waals surface area contributed by atoms with Crippen LogP contribution in [0, 0.1) is 6.92 Å². The summed E-state index contributed by atoms with van der Waals surface area (Å²) in [5.74, 6) is 0. The zero-order chi connectivity index (χ0) is 17.9. The summed E-state index contributed by atoms with van der Waals surface area (Å²) in [5.41, 5.74) is 5.61. The molecule has 0 saturated carbocycles. The van der Waals surface area contributed by atoms with Crippen LogP contribution in [0.1, 0.15) is 34.7 Å². The van der Waals surface area contributed by atoms with Crippen molar-refractivity contribution in [3.05, 3.63) is 83.2 Å². The Morgan fingerprint density at radius 2 is 2.04 bits per heavy atom. The van der Waals surface area contributed by atoms with Crippen LogP contribution < -0.4 is 5.32 Å².